The number of fused-ring (bicyclic) bond motifs is 3. The Morgan fingerprint density at radius 2 is 2.33 bits per heavy atom. The molecular weight excluding hydrogens is 248 g/mol. The van der Waals surface area contributed by atoms with Crippen LogP contribution < -0.4 is 5.73 Å². The molecule has 3 heterocycles. The summed E-state index contributed by atoms with van der Waals surface area (Å²) in [6.45, 7) is 6.04. The van der Waals surface area contributed by atoms with Crippen molar-refractivity contribution in [3.8, 4) is 0 Å². The van der Waals surface area contributed by atoms with Crippen molar-refractivity contribution < 1.29 is 4.74 Å². The summed E-state index contributed by atoms with van der Waals surface area (Å²) in [5, 5.41) is 0.667. The van der Waals surface area contributed by atoms with Gasteiger partial charge in [0.2, 0.25) is 0 Å². The first-order chi connectivity index (χ1) is 8.70. The number of nitrogen functional groups attached to an aromatic ring is 1. The molecule has 2 N–H and O–H groups in total. The van der Waals surface area contributed by atoms with Gasteiger partial charge in [-0.25, -0.2) is 4.98 Å². The van der Waals surface area contributed by atoms with E-state index in [2.05, 4.69) is 21.8 Å². The monoisotopic (exact) mass is 268 g/mol. The Kier molecular flexibility index (Phi) is 3.52. The highest BCUT2D eigenvalue weighted by atomic mass is 32.1. The largest absolute Gasteiger partial charge is 0.379 e. The van der Waals surface area contributed by atoms with Gasteiger partial charge < -0.3 is 10.5 Å². The van der Waals surface area contributed by atoms with Crippen LogP contribution in [0.3, 0.4) is 0 Å². The third-order valence-corrected chi connectivity index (χ3v) is 4.58. The third kappa shape index (κ3) is 2.66. The lowest BCUT2D eigenvalue weighted by Crippen LogP contribution is -2.41. The maximum absolute atomic E-state index is 5.74. The van der Waals surface area contributed by atoms with Gasteiger partial charge in [-0.15, -0.1) is 11.3 Å². The van der Waals surface area contributed by atoms with Crippen molar-refractivity contribution in [3.63, 3.8) is 0 Å². The van der Waals surface area contributed by atoms with Gasteiger partial charge in [0.15, 0.2) is 5.13 Å². The van der Waals surface area contributed by atoms with Crippen LogP contribution in [0.2, 0.25) is 0 Å². The average Bonchev–Trinajstić information content (AvgIpc) is 2.53. The lowest BCUT2D eigenvalue weighted by Gasteiger charge is -2.29. The molecule has 0 amide bonds. The summed E-state index contributed by atoms with van der Waals surface area (Å²) in [7, 11) is 2.21. The van der Waals surface area contributed by atoms with Gasteiger partial charge in [-0.2, -0.15) is 0 Å². The number of rotatable bonds is 2. The molecule has 5 nitrogen and oxygen atoms in total. The second-order valence-electron chi connectivity index (χ2n) is 5.36. The minimum absolute atomic E-state index is 0.516. The van der Waals surface area contributed by atoms with Crippen molar-refractivity contribution in [2.75, 3.05) is 45.6 Å². The van der Waals surface area contributed by atoms with Gasteiger partial charge in [-0.05, 0) is 7.05 Å². The fraction of sp³-hybridized carbons (Fsp3) is 0.750. The number of aromatic nitrogens is 1. The third-order valence-electron chi connectivity index (χ3n) is 3.77. The van der Waals surface area contributed by atoms with E-state index in [0.29, 0.717) is 17.1 Å². The number of ether oxygens (including phenoxy) is 1. The summed E-state index contributed by atoms with van der Waals surface area (Å²) >= 11 is 1.60. The predicted octanol–water partition coefficient (Wildman–Crippen LogP) is 0.488. The molecule has 0 unspecified atom stereocenters. The molecule has 2 fully saturated rings. The first-order valence-electron chi connectivity index (χ1n) is 6.41. The number of hydrogen-bond donors (Lipinski definition) is 1. The van der Waals surface area contributed by atoms with Gasteiger partial charge in [0.1, 0.15) is 0 Å². The fourth-order valence-electron chi connectivity index (χ4n) is 2.89. The highest BCUT2D eigenvalue weighted by molar-refractivity contribution is 7.15. The van der Waals surface area contributed by atoms with Crippen LogP contribution in [0.5, 0.6) is 0 Å². The van der Waals surface area contributed by atoms with E-state index in [-0.39, 0.29) is 0 Å². The van der Waals surface area contributed by atoms with Gasteiger partial charge in [-0.1, -0.05) is 0 Å². The van der Waals surface area contributed by atoms with Crippen molar-refractivity contribution in [2.24, 2.45) is 5.92 Å². The minimum atomic E-state index is 0.516. The molecule has 18 heavy (non-hydrogen) atoms. The summed E-state index contributed by atoms with van der Waals surface area (Å²) in [6, 6.07) is 0.516. The van der Waals surface area contributed by atoms with E-state index >= 15 is 0 Å². The number of thiazole rings is 1. The van der Waals surface area contributed by atoms with Crippen molar-refractivity contribution in [2.45, 2.75) is 12.6 Å². The van der Waals surface area contributed by atoms with E-state index < -0.39 is 0 Å². The lowest BCUT2D eigenvalue weighted by atomic mass is 10.1. The first kappa shape index (κ1) is 12.3. The molecule has 2 atom stereocenters. The van der Waals surface area contributed by atoms with E-state index in [1.807, 2.05) is 6.20 Å². The Morgan fingerprint density at radius 1 is 1.44 bits per heavy atom. The van der Waals surface area contributed by atoms with E-state index in [0.717, 1.165) is 39.4 Å². The number of hydrogen-bond acceptors (Lipinski definition) is 6. The zero-order valence-electron chi connectivity index (χ0n) is 10.7. The summed E-state index contributed by atoms with van der Waals surface area (Å²) in [5.41, 5.74) is 5.69. The normalized spacial score (nSPS) is 30.3. The zero-order valence-corrected chi connectivity index (χ0v) is 11.5. The van der Waals surface area contributed by atoms with Crippen LogP contribution in [-0.4, -0.2) is 60.7 Å². The Morgan fingerprint density at radius 3 is 3.11 bits per heavy atom. The molecule has 2 bridgehead atoms. The Hall–Kier alpha value is -0.690. The van der Waals surface area contributed by atoms with Crippen molar-refractivity contribution in [3.05, 3.63) is 11.1 Å². The topological polar surface area (TPSA) is 54.6 Å². The zero-order chi connectivity index (χ0) is 12.5. The second kappa shape index (κ2) is 5.13. The molecule has 1 aromatic rings. The Balaban J connectivity index is 1.70. The first-order valence-corrected chi connectivity index (χ1v) is 7.23. The number of nitrogens with zero attached hydrogens (tertiary/aromatic N) is 3. The lowest BCUT2D eigenvalue weighted by molar-refractivity contribution is 0.0519. The van der Waals surface area contributed by atoms with Gasteiger partial charge in [0.05, 0.1) is 13.2 Å². The second-order valence-corrected chi connectivity index (χ2v) is 6.50. The quantitative estimate of drug-likeness (QED) is 0.846. The number of nitrogens with two attached hydrogens (primary N) is 1. The molecule has 0 aromatic carbocycles. The van der Waals surface area contributed by atoms with E-state index in [1.165, 1.54) is 4.88 Å². The van der Waals surface area contributed by atoms with Crippen LogP contribution in [0.1, 0.15) is 4.88 Å². The fourth-order valence-corrected chi connectivity index (χ4v) is 3.62. The number of likely N-dealkylation sites (N-methyl/N-ethyl adjacent to an activating group) is 1. The molecule has 0 aliphatic carbocycles. The SMILES string of the molecule is CN1C[C@H]2COC[C@@H]1CN(Cc1cnc(N)s1)C2. The Labute approximate surface area is 112 Å². The molecule has 0 spiro atoms. The maximum atomic E-state index is 5.74. The molecule has 6 heteroatoms. The summed E-state index contributed by atoms with van der Waals surface area (Å²) < 4.78 is 5.74. The molecule has 2 aliphatic rings. The van der Waals surface area contributed by atoms with Crippen LogP contribution >= 0.6 is 11.3 Å². The molecule has 1 aromatic heterocycles. The Bertz CT molecular complexity index is 411. The van der Waals surface area contributed by atoms with Crippen LogP contribution in [0.4, 0.5) is 5.13 Å². The number of anilines is 1. The van der Waals surface area contributed by atoms with Crippen molar-refractivity contribution in [1.29, 1.82) is 0 Å². The van der Waals surface area contributed by atoms with Crippen LogP contribution in [-0.2, 0) is 11.3 Å². The predicted molar refractivity (Wildman–Crippen MR) is 72.5 cm³/mol. The maximum Gasteiger partial charge on any atom is 0.180 e. The van der Waals surface area contributed by atoms with Crippen molar-refractivity contribution in [1.82, 2.24) is 14.8 Å². The molecule has 0 radical (unpaired) electrons. The summed E-state index contributed by atoms with van der Waals surface area (Å²) in [4.78, 5) is 10.4. The van der Waals surface area contributed by atoms with E-state index in [9.17, 15) is 0 Å². The van der Waals surface area contributed by atoms with E-state index in [4.69, 9.17) is 10.5 Å². The molecule has 3 rings (SSSR count). The smallest absolute Gasteiger partial charge is 0.180 e. The van der Waals surface area contributed by atoms with Crippen LogP contribution in [0.15, 0.2) is 6.20 Å². The van der Waals surface area contributed by atoms with Gasteiger partial charge >= 0.3 is 0 Å². The van der Waals surface area contributed by atoms with E-state index in [1.54, 1.807) is 11.3 Å². The highest BCUT2D eigenvalue weighted by Crippen LogP contribution is 2.22. The van der Waals surface area contributed by atoms with Gasteiger partial charge in [0.25, 0.3) is 0 Å². The van der Waals surface area contributed by atoms with Gasteiger partial charge in [-0.3, -0.25) is 9.80 Å². The summed E-state index contributed by atoms with van der Waals surface area (Å²) in [5.74, 6) is 0.618. The summed E-state index contributed by atoms with van der Waals surface area (Å²) in [6.07, 6.45) is 1.90. The highest BCUT2D eigenvalue weighted by Gasteiger charge is 2.31. The molecule has 0 saturated carbocycles. The molecular formula is C12H20N4OS. The molecule has 2 saturated heterocycles. The molecule has 100 valence electrons. The van der Waals surface area contributed by atoms with Crippen LogP contribution in [0, 0.1) is 5.92 Å². The minimum Gasteiger partial charge on any atom is -0.379 e. The van der Waals surface area contributed by atoms with Gasteiger partial charge in [0, 0.05) is 49.2 Å². The standard InChI is InChI=1S/C12H20N4OS/c1-15-3-9-4-16(5-10(15)8-17-7-9)6-11-2-14-12(13)18-11/h2,9-10H,3-8H2,1H3,(H2,13,14)/t9-,10+/m1/s1. The molecule has 2 aliphatic heterocycles. The van der Waals surface area contributed by atoms with Crippen molar-refractivity contribution >= 4 is 16.5 Å². The van der Waals surface area contributed by atoms with Crippen LogP contribution in [0.25, 0.3) is 0 Å². The average molecular weight is 268 g/mol.